The molecule has 4 saturated carbocycles. The second kappa shape index (κ2) is 16.1. The third kappa shape index (κ3) is 7.40. The fourth-order valence-electron chi connectivity index (χ4n) is 11.9. The van der Waals surface area contributed by atoms with Gasteiger partial charge >= 0.3 is 10.2 Å². The molecule has 6 fully saturated rings. The summed E-state index contributed by atoms with van der Waals surface area (Å²) in [6.45, 7) is 21.6. The fourth-order valence-corrected chi connectivity index (χ4v) is 13.1. The lowest BCUT2D eigenvalue weighted by Gasteiger charge is -2.38. The third-order valence-corrected chi connectivity index (χ3v) is 17.5. The molecule has 4 N–H and O–H groups in total. The Morgan fingerprint density at radius 1 is 0.862 bits per heavy atom. The quantitative estimate of drug-likeness (QED) is 0.181. The Hall–Kier alpha value is -3.04. The smallest absolute Gasteiger partial charge is 0.303 e. The van der Waals surface area contributed by atoms with Gasteiger partial charge in [0.2, 0.25) is 23.6 Å². The van der Waals surface area contributed by atoms with Gasteiger partial charge in [-0.25, -0.2) is 4.72 Å². The molecule has 0 aromatic carbocycles. The second-order valence-electron chi connectivity index (χ2n) is 19.8. The lowest BCUT2D eigenvalue weighted by molar-refractivity contribution is -0.145. The highest BCUT2D eigenvalue weighted by Crippen LogP contribution is 2.88. The number of nitrogens with zero attached hydrogens (tertiary/aromatic N) is 3. The zero-order valence-corrected chi connectivity index (χ0v) is 37.2. The van der Waals surface area contributed by atoms with Gasteiger partial charge < -0.3 is 20.9 Å². The molecule has 58 heavy (non-hydrogen) atoms. The van der Waals surface area contributed by atoms with Crippen LogP contribution in [0.2, 0.25) is 0 Å². The summed E-state index contributed by atoms with van der Waals surface area (Å²) in [4.78, 5) is 75.9. The van der Waals surface area contributed by atoms with Crippen LogP contribution in [0.3, 0.4) is 0 Å². The zero-order chi connectivity index (χ0) is 42.6. The van der Waals surface area contributed by atoms with Crippen molar-refractivity contribution in [3.63, 3.8) is 0 Å². The molecule has 6 aliphatic rings. The topological polar surface area (TPSA) is 177 Å². The van der Waals surface area contributed by atoms with Gasteiger partial charge in [0.1, 0.15) is 23.7 Å². The van der Waals surface area contributed by atoms with Crippen molar-refractivity contribution >= 4 is 39.7 Å². The van der Waals surface area contributed by atoms with Crippen molar-refractivity contribution in [1.82, 2.24) is 34.8 Å². The number of carbonyl (C=O) groups excluding carboxylic acids is 5. The predicted octanol–water partition coefficient (Wildman–Crippen LogP) is 3.63. The van der Waals surface area contributed by atoms with Crippen LogP contribution in [0.15, 0.2) is 12.7 Å². The zero-order valence-electron chi connectivity index (χ0n) is 36.4. The average Bonchev–Trinajstić information content (AvgIpc) is 3.62. The van der Waals surface area contributed by atoms with Crippen molar-refractivity contribution in [3.8, 4) is 0 Å². The third-order valence-electron chi connectivity index (χ3n) is 15.9. The number of likely N-dealkylation sites (tertiary alicyclic amines) is 2. The van der Waals surface area contributed by atoms with Crippen LogP contribution in [0.25, 0.3) is 0 Å². The van der Waals surface area contributed by atoms with E-state index in [4.69, 9.17) is 0 Å². The number of fused-ring (bicyclic) bond motifs is 1. The molecule has 2 aliphatic heterocycles. The van der Waals surface area contributed by atoms with Crippen LogP contribution < -0.4 is 20.7 Å². The van der Waals surface area contributed by atoms with E-state index in [1.54, 1.807) is 24.8 Å². The molecule has 2 spiro atoms. The van der Waals surface area contributed by atoms with Gasteiger partial charge in [0.25, 0.3) is 5.91 Å². The Labute approximate surface area is 347 Å². The number of carbonyl (C=O) groups is 5. The molecule has 2 heterocycles. The van der Waals surface area contributed by atoms with Crippen molar-refractivity contribution in [2.45, 2.75) is 162 Å². The Kier molecular flexibility index (Phi) is 12.4. The summed E-state index contributed by atoms with van der Waals surface area (Å²) in [5, 5.41) is 9.22. The van der Waals surface area contributed by atoms with Crippen LogP contribution in [0.1, 0.15) is 132 Å². The fraction of sp³-hybridized carbons (Fsp3) is 0.837. The van der Waals surface area contributed by atoms with Crippen LogP contribution in [-0.4, -0.2) is 114 Å². The highest BCUT2D eigenvalue weighted by molar-refractivity contribution is 7.87. The molecule has 0 aromatic rings. The van der Waals surface area contributed by atoms with Gasteiger partial charge in [0, 0.05) is 31.0 Å². The largest absolute Gasteiger partial charge is 0.343 e. The molecule has 14 nitrogen and oxygen atoms in total. The molecule has 7 atom stereocenters. The SMILES string of the molecule is C=C[C@@H]1C[C@]1(NC(=O)[C@@H]1C[C@@]2(CN1C(=O)[C@@H](NC(=O)[C@@H](NC(=O)[C@@H]1CCCCN1CC)C1CCCC1)C(C)(C)C)C(C)(C)C21CCC1)C(=O)NS(=O)(=O)N(CC)CC. The van der Waals surface area contributed by atoms with E-state index in [1.807, 2.05) is 27.7 Å². The summed E-state index contributed by atoms with van der Waals surface area (Å²) < 4.78 is 29.6. The van der Waals surface area contributed by atoms with Gasteiger partial charge in [-0.1, -0.05) is 87.1 Å². The van der Waals surface area contributed by atoms with E-state index in [0.29, 0.717) is 13.0 Å². The van der Waals surface area contributed by atoms with Gasteiger partial charge in [-0.2, -0.15) is 12.7 Å². The van der Waals surface area contributed by atoms with Gasteiger partial charge in [-0.3, -0.25) is 28.9 Å². The van der Waals surface area contributed by atoms with Crippen LogP contribution >= 0.6 is 0 Å². The molecule has 0 aromatic heterocycles. The first-order chi connectivity index (χ1) is 27.2. The van der Waals surface area contributed by atoms with E-state index in [2.05, 4.69) is 46.0 Å². The molecule has 5 amide bonds. The Bertz CT molecular complexity index is 1750. The van der Waals surface area contributed by atoms with Gasteiger partial charge in [-0.05, 0) is 86.6 Å². The number of nitrogens with one attached hydrogen (secondary N) is 4. The summed E-state index contributed by atoms with van der Waals surface area (Å²) in [5.74, 6) is -2.82. The maximum atomic E-state index is 15.2. The highest BCUT2D eigenvalue weighted by atomic mass is 32.2. The molecule has 6 rings (SSSR count). The molecule has 4 aliphatic carbocycles. The first-order valence-electron chi connectivity index (χ1n) is 22.1. The lowest BCUT2D eigenvalue weighted by Crippen LogP contribution is -2.63. The average molecular weight is 830 g/mol. The van der Waals surface area contributed by atoms with Crippen LogP contribution in [-0.2, 0) is 34.2 Å². The van der Waals surface area contributed by atoms with Crippen LogP contribution in [0, 0.1) is 33.5 Å². The second-order valence-corrected chi connectivity index (χ2v) is 21.5. The van der Waals surface area contributed by atoms with Crippen molar-refractivity contribution in [2.75, 3.05) is 32.7 Å². The number of hydrogen-bond acceptors (Lipinski definition) is 8. The van der Waals surface area contributed by atoms with Gasteiger partial charge in [-0.15, -0.1) is 6.58 Å². The van der Waals surface area contributed by atoms with E-state index in [1.165, 1.54) is 0 Å². The molecule has 326 valence electrons. The lowest BCUT2D eigenvalue weighted by atomic mass is 9.73. The molecule has 0 bridgehead atoms. The minimum Gasteiger partial charge on any atom is -0.343 e. The van der Waals surface area contributed by atoms with Gasteiger partial charge in [0.15, 0.2) is 0 Å². The van der Waals surface area contributed by atoms with Crippen molar-refractivity contribution in [2.24, 2.45) is 33.5 Å². The van der Waals surface area contributed by atoms with E-state index in [9.17, 15) is 27.6 Å². The summed E-state index contributed by atoms with van der Waals surface area (Å²) in [6, 6.07) is -3.08. The summed E-state index contributed by atoms with van der Waals surface area (Å²) in [7, 11) is -4.17. The number of likely N-dealkylation sites (N-methyl/N-ethyl adjacent to an activating group) is 1. The maximum absolute atomic E-state index is 15.2. The van der Waals surface area contributed by atoms with E-state index >= 15 is 4.79 Å². The van der Waals surface area contributed by atoms with E-state index in [0.717, 1.165) is 81.6 Å². The normalized spacial score (nSPS) is 31.3. The van der Waals surface area contributed by atoms with Crippen LogP contribution in [0.5, 0.6) is 0 Å². The van der Waals surface area contributed by atoms with Crippen molar-refractivity contribution < 1.29 is 32.4 Å². The first-order valence-corrected chi connectivity index (χ1v) is 23.6. The van der Waals surface area contributed by atoms with E-state index in [-0.39, 0.29) is 65.4 Å². The standard InChI is InChI=1S/C43H71N7O7S/c1-10-29-25-43(29,38(55)47-58(56,57)49(12-3)13-4)46-35(52)31-26-42(40(8,9)41(42)22-18-23-41)27-50(31)37(54)33(39(5,6)7)45-36(53)32(28-19-14-15-20-28)44-34(51)30-21-16-17-24-48(30)11-2/h10,28-33H,1,11-27H2,2-9H3,(H,44,51)(H,45,53)(H,46,52)(H,47,55)/t29-,30+,31+,32+,33-,42-,43-/m1/s1. The molecular formula is C43H71N7O7S. The molecule has 0 radical (unpaired) electrons. The summed E-state index contributed by atoms with van der Waals surface area (Å²) >= 11 is 0. The van der Waals surface area contributed by atoms with Crippen molar-refractivity contribution in [1.29, 1.82) is 0 Å². The Morgan fingerprint density at radius 2 is 1.50 bits per heavy atom. The minimum atomic E-state index is -4.17. The molecule has 2 saturated heterocycles. The van der Waals surface area contributed by atoms with Gasteiger partial charge in [0.05, 0.1) is 6.04 Å². The summed E-state index contributed by atoms with van der Waals surface area (Å²) in [6.07, 6.45) is 11.5. The number of rotatable bonds is 15. The first kappa shape index (κ1) is 44.5. The number of piperidine rings is 1. The number of amides is 5. The monoisotopic (exact) mass is 830 g/mol. The predicted molar refractivity (Wildman–Crippen MR) is 222 cm³/mol. The highest BCUT2D eigenvalue weighted by Gasteiger charge is 2.85. The van der Waals surface area contributed by atoms with E-state index < -0.39 is 57.0 Å². The maximum Gasteiger partial charge on any atom is 0.303 e. The summed E-state index contributed by atoms with van der Waals surface area (Å²) in [5.41, 5.74) is -2.81. The minimum absolute atomic E-state index is 0.0203. The molecule has 15 heteroatoms. The van der Waals surface area contributed by atoms with Crippen LogP contribution in [0.4, 0.5) is 0 Å². The number of hydrogen-bond donors (Lipinski definition) is 4. The Morgan fingerprint density at radius 3 is 2.02 bits per heavy atom. The Balaban J connectivity index is 1.28. The molecule has 0 unspecified atom stereocenters. The van der Waals surface area contributed by atoms with Crippen molar-refractivity contribution in [3.05, 3.63) is 12.7 Å². The molecular weight excluding hydrogens is 759 g/mol.